The van der Waals surface area contributed by atoms with Crippen molar-refractivity contribution in [1.82, 2.24) is 0 Å². The first-order valence-corrected chi connectivity index (χ1v) is 8.00. The van der Waals surface area contributed by atoms with Crippen molar-refractivity contribution in [2.24, 2.45) is 0 Å². The van der Waals surface area contributed by atoms with E-state index < -0.39 is 0 Å². The minimum absolute atomic E-state index is 1.01. The number of fused-ring (bicyclic) bond motifs is 3. The Balaban J connectivity index is 1.64. The molecule has 2 aliphatic rings. The Morgan fingerprint density at radius 1 is 0.739 bits per heavy atom. The molecule has 0 fully saturated rings. The number of benzene rings is 2. The van der Waals surface area contributed by atoms with Gasteiger partial charge in [-0.3, -0.25) is 0 Å². The van der Waals surface area contributed by atoms with Gasteiger partial charge in [0.1, 0.15) is 0 Å². The van der Waals surface area contributed by atoms with Gasteiger partial charge in [0.2, 0.25) is 0 Å². The highest BCUT2D eigenvalue weighted by Crippen LogP contribution is 2.24. The molecule has 2 aliphatic carbocycles. The van der Waals surface area contributed by atoms with Crippen molar-refractivity contribution in [2.75, 3.05) is 0 Å². The highest BCUT2D eigenvalue weighted by molar-refractivity contribution is 5.84. The summed E-state index contributed by atoms with van der Waals surface area (Å²) in [6.45, 7) is 0. The standard InChI is InChI=1S/C23H18/c1-2-6-21-15-18(5-1)9-10-19(16-21)11-12-20-13-14-22-7-3-4-8-23(22)17-20/h1-14,16-17H,15H2/b12-11-. The Hall–Kier alpha value is -2.86. The summed E-state index contributed by atoms with van der Waals surface area (Å²) in [5.41, 5.74) is 5.18. The molecule has 0 N–H and O–H groups in total. The van der Waals surface area contributed by atoms with Crippen LogP contribution in [-0.4, -0.2) is 0 Å². The molecule has 0 aliphatic heterocycles. The molecule has 4 rings (SSSR count). The largest absolute Gasteiger partial charge is 0.0620 e. The van der Waals surface area contributed by atoms with Crippen LogP contribution in [0.5, 0.6) is 0 Å². The van der Waals surface area contributed by atoms with Crippen LogP contribution in [0.15, 0.2) is 108 Å². The lowest BCUT2D eigenvalue weighted by molar-refractivity contribution is 1.22. The zero-order chi connectivity index (χ0) is 15.5. The van der Waals surface area contributed by atoms with E-state index in [9.17, 15) is 0 Å². The minimum atomic E-state index is 1.01. The zero-order valence-electron chi connectivity index (χ0n) is 12.9. The summed E-state index contributed by atoms with van der Waals surface area (Å²) in [6.07, 6.45) is 20.7. The quantitative estimate of drug-likeness (QED) is 0.622. The van der Waals surface area contributed by atoms with E-state index in [2.05, 4.69) is 97.1 Å². The molecule has 2 aromatic rings. The van der Waals surface area contributed by atoms with Gasteiger partial charge in [0.25, 0.3) is 0 Å². The van der Waals surface area contributed by atoms with Crippen molar-refractivity contribution in [2.45, 2.75) is 6.42 Å². The Kier molecular flexibility index (Phi) is 3.65. The highest BCUT2D eigenvalue weighted by Gasteiger charge is 2.04. The molecule has 23 heavy (non-hydrogen) atoms. The predicted octanol–water partition coefficient (Wildman–Crippen LogP) is 6.16. The smallest absolute Gasteiger partial charge is 0.00256 e. The van der Waals surface area contributed by atoms with Gasteiger partial charge in [-0.15, -0.1) is 0 Å². The van der Waals surface area contributed by atoms with Crippen LogP contribution in [-0.2, 0) is 0 Å². The second kappa shape index (κ2) is 6.10. The minimum Gasteiger partial charge on any atom is -0.0620 e. The van der Waals surface area contributed by atoms with Gasteiger partial charge in [-0.1, -0.05) is 91.1 Å². The molecule has 2 bridgehead atoms. The normalized spacial score (nSPS) is 16.8. The summed E-state index contributed by atoms with van der Waals surface area (Å²) < 4.78 is 0. The summed E-state index contributed by atoms with van der Waals surface area (Å²) in [4.78, 5) is 0. The average molecular weight is 294 g/mol. The van der Waals surface area contributed by atoms with Crippen LogP contribution >= 0.6 is 0 Å². The molecule has 0 aromatic heterocycles. The van der Waals surface area contributed by atoms with Crippen LogP contribution in [0.2, 0.25) is 0 Å². The summed E-state index contributed by atoms with van der Waals surface area (Å²) in [6, 6.07) is 15.1. The van der Waals surface area contributed by atoms with Gasteiger partial charge in [0, 0.05) is 0 Å². The number of hydrogen-bond donors (Lipinski definition) is 0. The van der Waals surface area contributed by atoms with Crippen molar-refractivity contribution >= 4 is 16.8 Å². The van der Waals surface area contributed by atoms with Crippen LogP contribution in [0, 0.1) is 0 Å². The van der Waals surface area contributed by atoms with E-state index >= 15 is 0 Å². The third-order valence-corrected chi connectivity index (χ3v) is 4.22. The maximum Gasteiger partial charge on any atom is -0.00256 e. The van der Waals surface area contributed by atoms with Crippen molar-refractivity contribution in [3.05, 3.63) is 113 Å². The zero-order valence-corrected chi connectivity index (χ0v) is 12.9. The molecule has 0 nitrogen and oxygen atoms in total. The molecule has 0 atom stereocenters. The topological polar surface area (TPSA) is 0 Å². The average Bonchev–Trinajstić information content (AvgIpc) is 2.94. The van der Waals surface area contributed by atoms with Gasteiger partial charge in [-0.25, -0.2) is 0 Å². The van der Waals surface area contributed by atoms with Crippen molar-refractivity contribution in [3.8, 4) is 0 Å². The monoisotopic (exact) mass is 294 g/mol. The van der Waals surface area contributed by atoms with Gasteiger partial charge in [0.15, 0.2) is 0 Å². The number of allylic oxidation sites excluding steroid dienone is 11. The Bertz CT molecular complexity index is 927. The first-order chi connectivity index (χ1) is 11.4. The molecule has 0 unspecified atom stereocenters. The van der Waals surface area contributed by atoms with Crippen LogP contribution in [0.25, 0.3) is 16.8 Å². The Labute approximate surface area is 137 Å². The van der Waals surface area contributed by atoms with E-state index in [4.69, 9.17) is 0 Å². The van der Waals surface area contributed by atoms with Crippen molar-refractivity contribution in [1.29, 1.82) is 0 Å². The lowest BCUT2D eigenvalue weighted by atomic mass is 10.1. The summed E-state index contributed by atoms with van der Waals surface area (Å²) in [5, 5.41) is 2.57. The maximum atomic E-state index is 2.27. The van der Waals surface area contributed by atoms with Gasteiger partial charge >= 0.3 is 0 Å². The lowest BCUT2D eigenvalue weighted by Gasteiger charge is -2.00. The second-order valence-electron chi connectivity index (χ2n) is 5.96. The van der Waals surface area contributed by atoms with Crippen LogP contribution in [0.4, 0.5) is 0 Å². The van der Waals surface area contributed by atoms with E-state index in [1.807, 2.05) is 0 Å². The Morgan fingerprint density at radius 3 is 2.48 bits per heavy atom. The van der Waals surface area contributed by atoms with Crippen LogP contribution in [0.1, 0.15) is 12.0 Å². The summed E-state index contributed by atoms with van der Waals surface area (Å²) >= 11 is 0. The number of rotatable bonds is 2. The third kappa shape index (κ3) is 3.17. The van der Waals surface area contributed by atoms with Crippen molar-refractivity contribution in [3.63, 3.8) is 0 Å². The lowest BCUT2D eigenvalue weighted by Crippen LogP contribution is -1.79. The van der Waals surface area contributed by atoms with Gasteiger partial charge in [0.05, 0.1) is 0 Å². The fourth-order valence-corrected chi connectivity index (χ4v) is 3.00. The fourth-order valence-electron chi connectivity index (χ4n) is 3.00. The molecule has 0 saturated carbocycles. The van der Waals surface area contributed by atoms with E-state index in [-0.39, 0.29) is 0 Å². The summed E-state index contributed by atoms with van der Waals surface area (Å²) in [7, 11) is 0. The molecule has 2 aromatic carbocycles. The molecule has 0 heteroatoms. The molecule has 0 heterocycles. The van der Waals surface area contributed by atoms with Crippen molar-refractivity contribution < 1.29 is 0 Å². The first-order valence-electron chi connectivity index (χ1n) is 8.00. The highest BCUT2D eigenvalue weighted by atomic mass is 14.1. The van der Waals surface area contributed by atoms with E-state index in [0.29, 0.717) is 0 Å². The van der Waals surface area contributed by atoms with Crippen LogP contribution in [0.3, 0.4) is 0 Å². The second-order valence-corrected chi connectivity index (χ2v) is 5.96. The molecular weight excluding hydrogens is 276 g/mol. The maximum absolute atomic E-state index is 2.27. The molecule has 0 amide bonds. The molecular formula is C23H18. The number of hydrogen-bond acceptors (Lipinski definition) is 0. The third-order valence-electron chi connectivity index (χ3n) is 4.22. The molecule has 0 spiro atoms. The first kappa shape index (κ1) is 13.8. The van der Waals surface area contributed by atoms with Gasteiger partial charge in [-0.2, -0.15) is 0 Å². The summed E-state index contributed by atoms with van der Waals surface area (Å²) in [5.74, 6) is 0. The van der Waals surface area contributed by atoms with Gasteiger partial charge < -0.3 is 0 Å². The van der Waals surface area contributed by atoms with E-state index in [1.54, 1.807) is 0 Å². The van der Waals surface area contributed by atoms with E-state index in [0.717, 1.165) is 6.42 Å². The molecule has 110 valence electrons. The van der Waals surface area contributed by atoms with Gasteiger partial charge in [-0.05, 0) is 45.5 Å². The molecule has 0 saturated heterocycles. The SMILES string of the molecule is C1=CC=C2C=C(/C=C\c3ccc4ccccc4c3)C=CC(=C1)C2. The molecule has 0 radical (unpaired) electrons. The fraction of sp³-hybridized carbons (Fsp3) is 0.0435. The predicted molar refractivity (Wildman–Crippen MR) is 100 cm³/mol. The van der Waals surface area contributed by atoms with E-state index in [1.165, 1.54) is 33.1 Å². The van der Waals surface area contributed by atoms with Crippen LogP contribution < -0.4 is 0 Å². The Morgan fingerprint density at radius 2 is 1.57 bits per heavy atom.